The van der Waals surface area contributed by atoms with Gasteiger partial charge in [0.1, 0.15) is 6.61 Å². The number of aryl methyl sites for hydroxylation is 1. The van der Waals surface area contributed by atoms with Gasteiger partial charge in [-0.15, -0.1) is 0 Å². The number of benzene rings is 1. The summed E-state index contributed by atoms with van der Waals surface area (Å²) in [7, 11) is 2.13. The van der Waals surface area contributed by atoms with Crippen LogP contribution in [0.25, 0.3) is 0 Å². The number of hydrogen-bond donors (Lipinski definition) is 2. The van der Waals surface area contributed by atoms with Crippen molar-refractivity contribution in [3.05, 3.63) is 35.4 Å². The number of aliphatic hydroxyl groups is 1. The molecule has 0 aliphatic carbocycles. The molecule has 0 saturated heterocycles. The fourth-order valence-electron chi connectivity index (χ4n) is 3.92. The molecule has 0 unspecified atom stereocenters. The minimum atomic E-state index is -0.419. The Labute approximate surface area is 182 Å². The van der Waals surface area contributed by atoms with Crippen molar-refractivity contribution in [3.63, 3.8) is 0 Å². The molecule has 3 N–H and O–H groups in total. The van der Waals surface area contributed by atoms with E-state index in [4.69, 9.17) is 5.73 Å². The molecule has 0 radical (unpaired) electrons. The van der Waals surface area contributed by atoms with Gasteiger partial charge in [0.25, 0.3) is 0 Å². The molecule has 6 nitrogen and oxygen atoms in total. The molecule has 30 heavy (non-hydrogen) atoms. The van der Waals surface area contributed by atoms with Gasteiger partial charge in [0.2, 0.25) is 11.8 Å². The first-order chi connectivity index (χ1) is 14.4. The van der Waals surface area contributed by atoms with E-state index in [0.717, 1.165) is 57.2 Å². The number of carbonyl (C=O) groups is 2. The van der Waals surface area contributed by atoms with Crippen LogP contribution < -0.4 is 5.73 Å². The van der Waals surface area contributed by atoms with E-state index in [1.54, 1.807) is 6.07 Å². The minimum Gasteiger partial charge on any atom is -0.387 e. The second-order valence-corrected chi connectivity index (χ2v) is 8.18. The van der Waals surface area contributed by atoms with Crippen LogP contribution in [-0.4, -0.2) is 66.1 Å². The zero-order chi connectivity index (χ0) is 22.5. The van der Waals surface area contributed by atoms with Crippen molar-refractivity contribution in [3.8, 4) is 0 Å². The average Bonchev–Trinajstić information content (AvgIpc) is 2.76. The molecule has 170 valence electrons. The maximum Gasteiger partial charge on any atom is 0.248 e. The number of hydrogen-bond acceptors (Lipinski definition) is 4. The van der Waals surface area contributed by atoms with Crippen LogP contribution in [0.1, 0.15) is 68.8 Å². The van der Waals surface area contributed by atoms with Gasteiger partial charge in [-0.2, -0.15) is 0 Å². The molecule has 1 aromatic rings. The van der Waals surface area contributed by atoms with Gasteiger partial charge in [-0.05, 0) is 62.9 Å². The fourth-order valence-corrected chi connectivity index (χ4v) is 3.92. The molecule has 0 fully saturated rings. The summed E-state index contributed by atoms with van der Waals surface area (Å²) in [5, 5.41) is 9.30. The second kappa shape index (κ2) is 14.1. The van der Waals surface area contributed by atoms with E-state index in [-0.39, 0.29) is 5.91 Å². The van der Waals surface area contributed by atoms with Gasteiger partial charge in [-0.25, -0.2) is 0 Å². The van der Waals surface area contributed by atoms with Crippen molar-refractivity contribution < 1.29 is 14.7 Å². The molecule has 0 spiro atoms. The highest BCUT2D eigenvalue weighted by Crippen LogP contribution is 2.15. The average molecular weight is 420 g/mol. The van der Waals surface area contributed by atoms with Crippen LogP contribution >= 0.6 is 0 Å². The molecule has 0 aliphatic rings. The highest BCUT2D eigenvalue weighted by molar-refractivity contribution is 5.92. The second-order valence-electron chi connectivity index (χ2n) is 8.18. The highest BCUT2D eigenvalue weighted by atomic mass is 16.3. The number of nitrogens with two attached hydrogens (primary N) is 1. The largest absolute Gasteiger partial charge is 0.387 e. The first-order valence-corrected chi connectivity index (χ1v) is 11.3. The third-order valence-corrected chi connectivity index (χ3v) is 6.13. The fraction of sp³-hybridized carbons (Fsp3) is 0.667. The van der Waals surface area contributed by atoms with Crippen LogP contribution in [0.15, 0.2) is 24.3 Å². The molecule has 1 rings (SSSR count). The van der Waals surface area contributed by atoms with Gasteiger partial charge in [0.05, 0.1) is 0 Å². The van der Waals surface area contributed by atoms with E-state index >= 15 is 0 Å². The number of carbonyl (C=O) groups excluding carboxylic acids is 2. The van der Waals surface area contributed by atoms with Crippen LogP contribution in [-0.2, 0) is 11.2 Å². The third-order valence-electron chi connectivity index (χ3n) is 6.13. The lowest BCUT2D eigenvalue weighted by atomic mass is 10.0. The van der Waals surface area contributed by atoms with Crippen LogP contribution in [0.5, 0.6) is 0 Å². The number of aliphatic hydroxyl groups excluding tert-OH is 1. The Bertz CT molecular complexity index is 646. The summed E-state index contributed by atoms with van der Waals surface area (Å²) in [4.78, 5) is 27.7. The van der Waals surface area contributed by atoms with Crippen molar-refractivity contribution in [1.29, 1.82) is 0 Å². The van der Waals surface area contributed by atoms with Crippen molar-refractivity contribution in [2.24, 2.45) is 11.7 Å². The Morgan fingerprint density at radius 1 is 1.10 bits per heavy atom. The van der Waals surface area contributed by atoms with Crippen molar-refractivity contribution >= 4 is 11.8 Å². The SMILES string of the molecule is CCC(CC)CN(CCCN(C)[C@H](CC)CCc1cccc(C(N)=O)c1)C(=O)CO. The van der Waals surface area contributed by atoms with Crippen LogP contribution in [0, 0.1) is 5.92 Å². The monoisotopic (exact) mass is 419 g/mol. The quantitative estimate of drug-likeness (QED) is 0.457. The molecular formula is C24H41N3O3. The van der Waals surface area contributed by atoms with E-state index < -0.39 is 12.5 Å². The van der Waals surface area contributed by atoms with E-state index in [2.05, 4.69) is 32.7 Å². The standard InChI is InChI=1S/C24H41N3O3/c1-5-19(6-2)17-27(23(29)18-28)15-9-14-26(4)22(7-3)13-12-20-10-8-11-21(16-20)24(25)30/h8,10-11,16,19,22,28H,5-7,9,12-15,17-18H2,1-4H3,(H2,25,30)/t22-/m1/s1. The molecule has 6 heteroatoms. The van der Waals surface area contributed by atoms with E-state index in [0.29, 0.717) is 24.1 Å². The summed E-state index contributed by atoms with van der Waals surface area (Å²) in [6.45, 7) is 8.37. The Kier molecular flexibility index (Phi) is 12.3. The Balaban J connectivity index is 2.55. The maximum atomic E-state index is 12.1. The van der Waals surface area contributed by atoms with E-state index in [1.165, 1.54) is 0 Å². The smallest absolute Gasteiger partial charge is 0.248 e. The van der Waals surface area contributed by atoms with Crippen molar-refractivity contribution in [2.75, 3.05) is 33.3 Å². The lowest BCUT2D eigenvalue weighted by molar-refractivity contribution is -0.135. The number of nitrogens with zero attached hydrogens (tertiary/aromatic N) is 2. The highest BCUT2D eigenvalue weighted by Gasteiger charge is 2.18. The molecule has 0 saturated carbocycles. The first-order valence-electron chi connectivity index (χ1n) is 11.3. The summed E-state index contributed by atoms with van der Waals surface area (Å²) in [5.41, 5.74) is 7.06. The first kappa shape index (κ1) is 26.1. The van der Waals surface area contributed by atoms with Gasteiger partial charge < -0.3 is 20.6 Å². The van der Waals surface area contributed by atoms with E-state index in [9.17, 15) is 14.7 Å². The summed E-state index contributed by atoms with van der Waals surface area (Å²) >= 11 is 0. The summed E-state index contributed by atoms with van der Waals surface area (Å²) in [6.07, 6.45) is 5.91. The van der Waals surface area contributed by atoms with E-state index in [1.807, 2.05) is 23.1 Å². The molecule has 1 aromatic carbocycles. The van der Waals surface area contributed by atoms with Gasteiger partial charge >= 0.3 is 0 Å². The molecule has 2 amide bonds. The summed E-state index contributed by atoms with van der Waals surface area (Å²) in [6, 6.07) is 7.98. The Morgan fingerprint density at radius 3 is 2.37 bits per heavy atom. The predicted octanol–water partition coefficient (Wildman–Crippen LogP) is 3.08. The molecule has 0 aromatic heterocycles. The molecule has 0 bridgehead atoms. The van der Waals surface area contributed by atoms with Gasteiger partial charge in [0.15, 0.2) is 0 Å². The maximum absolute atomic E-state index is 12.1. The zero-order valence-corrected chi connectivity index (χ0v) is 19.3. The number of amides is 2. The summed E-state index contributed by atoms with van der Waals surface area (Å²) in [5.74, 6) is -0.0833. The van der Waals surface area contributed by atoms with Crippen molar-refractivity contribution in [2.45, 2.75) is 65.3 Å². The zero-order valence-electron chi connectivity index (χ0n) is 19.3. The number of primary amides is 1. The minimum absolute atomic E-state index is 0.175. The molecule has 0 heterocycles. The third kappa shape index (κ3) is 8.84. The summed E-state index contributed by atoms with van der Waals surface area (Å²) < 4.78 is 0. The molecule has 1 atom stereocenters. The van der Waals surface area contributed by atoms with Crippen LogP contribution in [0.4, 0.5) is 0 Å². The molecule has 0 aliphatic heterocycles. The van der Waals surface area contributed by atoms with Gasteiger partial charge in [-0.3, -0.25) is 9.59 Å². The van der Waals surface area contributed by atoms with Crippen molar-refractivity contribution in [1.82, 2.24) is 9.80 Å². The lowest BCUT2D eigenvalue weighted by Gasteiger charge is -2.30. The van der Waals surface area contributed by atoms with Gasteiger partial charge in [-0.1, -0.05) is 45.7 Å². The van der Waals surface area contributed by atoms with Crippen LogP contribution in [0.2, 0.25) is 0 Å². The van der Waals surface area contributed by atoms with Gasteiger partial charge in [0, 0.05) is 24.7 Å². The van der Waals surface area contributed by atoms with Crippen LogP contribution in [0.3, 0.4) is 0 Å². The lowest BCUT2D eigenvalue weighted by Crippen LogP contribution is -2.40. The molecular weight excluding hydrogens is 378 g/mol. The normalized spacial score (nSPS) is 12.4. The Morgan fingerprint density at radius 2 is 1.80 bits per heavy atom. The Hall–Kier alpha value is -1.92. The predicted molar refractivity (Wildman–Crippen MR) is 122 cm³/mol. The topological polar surface area (TPSA) is 86.9 Å². The number of rotatable bonds is 15.